The molecule has 0 radical (unpaired) electrons. The van der Waals surface area contributed by atoms with Gasteiger partial charge in [0.2, 0.25) is 0 Å². The largest absolute Gasteiger partial charge is 0.505 e. The van der Waals surface area contributed by atoms with Gasteiger partial charge in [-0.3, -0.25) is 9.98 Å². The lowest BCUT2D eigenvalue weighted by molar-refractivity contribution is -0.0336. The van der Waals surface area contributed by atoms with Crippen molar-refractivity contribution in [1.29, 1.82) is 0 Å². The number of benzene rings is 1. The first kappa shape index (κ1) is 18.4. The number of primary amides is 1. The summed E-state index contributed by atoms with van der Waals surface area (Å²) in [5.74, 6) is -0.101. The lowest BCUT2D eigenvalue weighted by atomic mass is 9.86. The van der Waals surface area contributed by atoms with Crippen LogP contribution in [-0.4, -0.2) is 61.4 Å². The highest BCUT2D eigenvalue weighted by molar-refractivity contribution is 5.75. The summed E-state index contributed by atoms with van der Waals surface area (Å²) in [7, 11) is 1.67. The molecule has 0 aromatic heterocycles. The number of ether oxygens (including phenoxy) is 2. The van der Waals surface area contributed by atoms with Crippen LogP contribution in [0.4, 0.5) is 10.5 Å². The SMILES string of the molecule is CO[C@@]12[C@H](COC(N)=O)c3c(c(O)c(C)c4c3=N[C@H]3CCCC[C@@H]3N=4)N1C[C@@H]1N[C@@H]12. The van der Waals surface area contributed by atoms with Crippen molar-refractivity contribution < 1.29 is 19.4 Å². The molecule has 0 unspecified atom stereocenters. The molecule has 3 fully saturated rings. The minimum atomic E-state index is -0.821. The number of phenols is 1. The molecule has 5 aliphatic rings. The normalized spacial score (nSPS) is 37.1. The number of hydrogen-bond acceptors (Lipinski definition) is 8. The smallest absolute Gasteiger partial charge is 0.404 e. The summed E-state index contributed by atoms with van der Waals surface area (Å²) in [5, 5.41) is 16.3. The van der Waals surface area contributed by atoms with E-state index in [1.807, 2.05) is 6.92 Å². The maximum absolute atomic E-state index is 11.5. The first-order chi connectivity index (χ1) is 14.5. The van der Waals surface area contributed by atoms with E-state index < -0.39 is 11.8 Å². The second-order valence-electron chi connectivity index (χ2n) is 9.11. The molecule has 4 N–H and O–H groups in total. The summed E-state index contributed by atoms with van der Waals surface area (Å²) in [6.07, 6.45) is 3.55. The fourth-order valence-electron chi connectivity index (χ4n) is 6.32. The van der Waals surface area contributed by atoms with Crippen LogP contribution in [0, 0.1) is 6.92 Å². The summed E-state index contributed by atoms with van der Waals surface area (Å²) in [6, 6.07) is 0.719. The van der Waals surface area contributed by atoms with Crippen LogP contribution >= 0.6 is 0 Å². The molecule has 4 heterocycles. The van der Waals surface area contributed by atoms with Crippen molar-refractivity contribution in [2.45, 2.75) is 68.4 Å². The van der Waals surface area contributed by atoms with Crippen molar-refractivity contribution in [3.05, 3.63) is 21.8 Å². The lowest BCUT2D eigenvalue weighted by Crippen LogP contribution is -2.54. The molecule has 0 spiro atoms. The van der Waals surface area contributed by atoms with Gasteiger partial charge in [-0.25, -0.2) is 4.79 Å². The highest BCUT2D eigenvalue weighted by Crippen LogP contribution is 2.58. The number of rotatable bonds is 3. The van der Waals surface area contributed by atoms with Crippen LogP contribution in [0.2, 0.25) is 0 Å². The second-order valence-corrected chi connectivity index (χ2v) is 9.11. The Balaban J connectivity index is 1.62. The van der Waals surface area contributed by atoms with Crippen molar-refractivity contribution in [2.75, 3.05) is 25.2 Å². The van der Waals surface area contributed by atoms with Crippen molar-refractivity contribution in [3.8, 4) is 5.75 Å². The van der Waals surface area contributed by atoms with Crippen molar-refractivity contribution in [2.24, 2.45) is 15.7 Å². The summed E-state index contributed by atoms with van der Waals surface area (Å²) in [6.45, 7) is 2.69. The first-order valence-electron chi connectivity index (χ1n) is 10.8. The molecule has 2 saturated heterocycles. The van der Waals surface area contributed by atoms with Gasteiger partial charge in [0.05, 0.1) is 40.4 Å². The van der Waals surface area contributed by atoms with Crippen LogP contribution < -0.4 is 26.7 Å². The Morgan fingerprint density at radius 1 is 1.30 bits per heavy atom. The molecule has 9 nitrogen and oxygen atoms in total. The number of nitrogens with zero attached hydrogens (tertiary/aromatic N) is 3. The number of hydrogen-bond donors (Lipinski definition) is 3. The predicted octanol–water partition coefficient (Wildman–Crippen LogP) is -0.0398. The topological polar surface area (TPSA) is 132 Å². The monoisotopic (exact) mass is 413 g/mol. The third-order valence-electron chi connectivity index (χ3n) is 7.72. The van der Waals surface area contributed by atoms with Gasteiger partial charge in [0.25, 0.3) is 0 Å². The van der Waals surface area contributed by atoms with Gasteiger partial charge < -0.3 is 30.5 Å². The van der Waals surface area contributed by atoms with E-state index >= 15 is 0 Å². The molecule has 9 heteroatoms. The van der Waals surface area contributed by atoms with Crippen molar-refractivity contribution in [3.63, 3.8) is 0 Å². The number of carbonyl (C=O) groups is 1. The number of amides is 1. The number of fused-ring (bicyclic) bond motifs is 8. The summed E-state index contributed by atoms with van der Waals surface area (Å²) in [5.41, 5.74) is 6.94. The first-order valence-corrected chi connectivity index (χ1v) is 10.8. The molecule has 1 aromatic carbocycles. The van der Waals surface area contributed by atoms with Crippen LogP contribution in [0.1, 0.15) is 42.7 Å². The molecule has 1 amide bonds. The van der Waals surface area contributed by atoms with Gasteiger partial charge in [-0.05, 0) is 19.8 Å². The zero-order valence-corrected chi connectivity index (χ0v) is 17.2. The summed E-state index contributed by atoms with van der Waals surface area (Å²) >= 11 is 0. The quantitative estimate of drug-likeness (QED) is 0.596. The Labute approximate surface area is 173 Å². The number of nitrogens with one attached hydrogen (secondary N) is 1. The number of anilines is 1. The Morgan fingerprint density at radius 3 is 2.67 bits per heavy atom. The number of methoxy groups -OCH3 is 1. The zero-order valence-electron chi connectivity index (χ0n) is 17.2. The minimum Gasteiger partial charge on any atom is -0.505 e. The Bertz CT molecular complexity index is 1070. The Morgan fingerprint density at radius 2 is 2.00 bits per heavy atom. The molecule has 4 aliphatic heterocycles. The average Bonchev–Trinajstić information content (AvgIpc) is 3.35. The number of phenolic OH excluding ortho intramolecular Hbond substituents is 1. The molecule has 6 rings (SSSR count). The molecule has 160 valence electrons. The van der Waals surface area contributed by atoms with E-state index in [9.17, 15) is 9.90 Å². The molecule has 1 saturated carbocycles. The van der Waals surface area contributed by atoms with Gasteiger partial charge in [0.1, 0.15) is 12.4 Å². The van der Waals surface area contributed by atoms with E-state index in [2.05, 4.69) is 10.2 Å². The van der Waals surface area contributed by atoms with Gasteiger partial charge in [-0.15, -0.1) is 0 Å². The number of aromatic hydroxyl groups is 1. The molecular formula is C21H27N5O4. The van der Waals surface area contributed by atoms with E-state index in [0.717, 1.165) is 53.2 Å². The highest BCUT2D eigenvalue weighted by Gasteiger charge is 2.71. The van der Waals surface area contributed by atoms with Gasteiger partial charge in [-0.2, -0.15) is 0 Å². The fraction of sp³-hybridized carbons (Fsp3) is 0.667. The molecule has 30 heavy (non-hydrogen) atoms. The second kappa shape index (κ2) is 6.07. The van der Waals surface area contributed by atoms with Crippen LogP contribution in [0.5, 0.6) is 5.75 Å². The molecule has 0 bridgehead atoms. The van der Waals surface area contributed by atoms with Gasteiger partial charge >= 0.3 is 6.09 Å². The summed E-state index contributed by atoms with van der Waals surface area (Å²) < 4.78 is 11.4. The number of piperazine rings is 1. The third-order valence-corrected chi connectivity index (χ3v) is 7.72. The molecule has 1 aliphatic carbocycles. The molecule has 6 atom stereocenters. The van der Waals surface area contributed by atoms with Crippen molar-refractivity contribution in [1.82, 2.24) is 5.32 Å². The average molecular weight is 413 g/mol. The fourth-order valence-corrected chi connectivity index (χ4v) is 6.32. The molecule has 1 aromatic rings. The van der Waals surface area contributed by atoms with E-state index in [-0.39, 0.29) is 42.4 Å². The van der Waals surface area contributed by atoms with E-state index in [4.69, 9.17) is 25.2 Å². The molecular weight excluding hydrogens is 386 g/mol. The van der Waals surface area contributed by atoms with E-state index in [0.29, 0.717) is 6.54 Å². The maximum atomic E-state index is 11.5. The highest BCUT2D eigenvalue weighted by atomic mass is 16.6. The van der Waals surface area contributed by atoms with Crippen LogP contribution in [0.15, 0.2) is 9.98 Å². The minimum absolute atomic E-state index is 0.0656. The standard InChI is InChI=1S/C21H27N5O4/c1-9-15-16(24-12-6-4-3-5-11(12)23-15)14-10(8-30-20(22)28)21(29-2)19-13(25-19)7-26(21)17(14)18(9)27/h10-13,19,25,27H,3-8H2,1-2H3,(H2,22,28)/t10-,11+,12+,13+,19+,21-/m1/s1. The number of nitrogens with two attached hydrogens (primary N) is 1. The van der Waals surface area contributed by atoms with Gasteiger partial charge in [0, 0.05) is 30.8 Å². The lowest BCUT2D eigenvalue weighted by Gasteiger charge is -2.38. The third kappa shape index (κ3) is 2.17. The zero-order chi connectivity index (χ0) is 20.8. The Kier molecular flexibility index (Phi) is 3.72. The van der Waals surface area contributed by atoms with Crippen LogP contribution in [-0.2, 0) is 9.47 Å². The van der Waals surface area contributed by atoms with E-state index in [1.54, 1.807) is 7.11 Å². The van der Waals surface area contributed by atoms with Crippen molar-refractivity contribution >= 4 is 11.8 Å². The number of carbonyl (C=O) groups excluding carboxylic acids is 1. The maximum Gasteiger partial charge on any atom is 0.404 e. The van der Waals surface area contributed by atoms with Gasteiger partial charge in [0.15, 0.2) is 5.72 Å². The van der Waals surface area contributed by atoms with Crippen LogP contribution in [0.25, 0.3) is 0 Å². The predicted molar refractivity (Wildman–Crippen MR) is 107 cm³/mol. The summed E-state index contributed by atoms with van der Waals surface area (Å²) in [4.78, 5) is 23.8. The Hall–Kier alpha value is -2.39. The van der Waals surface area contributed by atoms with Gasteiger partial charge in [-0.1, -0.05) is 12.8 Å². The van der Waals surface area contributed by atoms with E-state index in [1.165, 1.54) is 0 Å². The van der Waals surface area contributed by atoms with Crippen LogP contribution in [0.3, 0.4) is 0 Å².